The quantitative estimate of drug-likeness (QED) is 0.158. The third-order valence-electron chi connectivity index (χ3n) is 5.83. The van der Waals surface area contributed by atoms with Gasteiger partial charge >= 0.3 is 0 Å². The number of hydrogen-bond acceptors (Lipinski definition) is 6. The summed E-state index contributed by atoms with van der Waals surface area (Å²) in [6.45, 7) is 2.16. The SMILES string of the molecule is CCC(=O)NC(Cc1ccccc1)C(=O)NC(Cc1ccccc1)C(=O)NC(CCCCN)C(O)O. The van der Waals surface area contributed by atoms with Crippen LogP contribution in [0.15, 0.2) is 60.7 Å². The number of carbonyl (C=O) groups is 3. The number of rotatable bonds is 15. The van der Waals surface area contributed by atoms with Crippen LogP contribution in [0.2, 0.25) is 0 Å². The highest BCUT2D eigenvalue weighted by Crippen LogP contribution is 2.09. The standard InChI is InChI=1S/C27H38N4O5/c1-2-24(32)29-22(17-19-11-5-3-6-12-19)25(33)31-23(18-20-13-7-4-8-14-20)26(34)30-21(27(35)36)15-9-10-16-28/h3-8,11-14,21-23,27,35-36H,2,9-10,15-18,28H2,1H3,(H,29,32)(H,30,34)(H,31,33). The van der Waals surface area contributed by atoms with Gasteiger partial charge in [-0.2, -0.15) is 0 Å². The summed E-state index contributed by atoms with van der Waals surface area (Å²) < 4.78 is 0. The Kier molecular flexibility index (Phi) is 12.6. The summed E-state index contributed by atoms with van der Waals surface area (Å²) in [5, 5.41) is 27.7. The van der Waals surface area contributed by atoms with Crippen LogP contribution in [0.1, 0.15) is 43.7 Å². The topological polar surface area (TPSA) is 154 Å². The highest BCUT2D eigenvalue weighted by atomic mass is 16.5. The fourth-order valence-corrected chi connectivity index (χ4v) is 3.77. The van der Waals surface area contributed by atoms with Crippen LogP contribution in [0.5, 0.6) is 0 Å². The van der Waals surface area contributed by atoms with E-state index in [9.17, 15) is 24.6 Å². The average molecular weight is 499 g/mol. The third-order valence-corrected chi connectivity index (χ3v) is 5.83. The van der Waals surface area contributed by atoms with Crippen LogP contribution in [0.4, 0.5) is 0 Å². The highest BCUT2D eigenvalue weighted by molar-refractivity contribution is 5.92. The minimum atomic E-state index is -1.76. The number of aliphatic hydroxyl groups is 2. The van der Waals surface area contributed by atoms with E-state index in [1.54, 1.807) is 6.92 Å². The number of nitrogens with two attached hydrogens (primary N) is 1. The van der Waals surface area contributed by atoms with E-state index in [4.69, 9.17) is 5.73 Å². The van der Waals surface area contributed by atoms with E-state index < -0.39 is 36.2 Å². The first-order valence-corrected chi connectivity index (χ1v) is 12.4. The Morgan fingerprint density at radius 3 is 1.75 bits per heavy atom. The summed E-state index contributed by atoms with van der Waals surface area (Å²) in [4.78, 5) is 38.7. The van der Waals surface area contributed by atoms with Gasteiger partial charge in [-0.25, -0.2) is 0 Å². The van der Waals surface area contributed by atoms with Crippen LogP contribution in [-0.4, -0.2) is 58.9 Å². The molecule has 0 fully saturated rings. The van der Waals surface area contributed by atoms with Crippen LogP contribution in [-0.2, 0) is 27.2 Å². The zero-order valence-corrected chi connectivity index (χ0v) is 20.7. The fraction of sp³-hybridized carbons (Fsp3) is 0.444. The van der Waals surface area contributed by atoms with Crippen molar-refractivity contribution >= 4 is 17.7 Å². The van der Waals surface area contributed by atoms with Gasteiger partial charge in [0, 0.05) is 19.3 Å². The largest absolute Gasteiger partial charge is 0.366 e. The highest BCUT2D eigenvalue weighted by Gasteiger charge is 2.29. The Labute approximate surface area is 212 Å². The van der Waals surface area contributed by atoms with Gasteiger partial charge in [0.05, 0.1) is 6.04 Å². The minimum Gasteiger partial charge on any atom is -0.366 e. The Bertz CT molecular complexity index is 940. The van der Waals surface area contributed by atoms with Crippen molar-refractivity contribution in [3.63, 3.8) is 0 Å². The van der Waals surface area contributed by atoms with E-state index in [0.29, 0.717) is 25.8 Å². The van der Waals surface area contributed by atoms with Gasteiger partial charge in [0.15, 0.2) is 6.29 Å². The first-order chi connectivity index (χ1) is 17.3. The second-order valence-electron chi connectivity index (χ2n) is 8.73. The molecule has 0 aliphatic heterocycles. The van der Waals surface area contributed by atoms with Crippen molar-refractivity contribution in [1.82, 2.24) is 16.0 Å². The van der Waals surface area contributed by atoms with Crippen molar-refractivity contribution < 1.29 is 24.6 Å². The number of benzene rings is 2. The van der Waals surface area contributed by atoms with Crippen molar-refractivity contribution in [2.45, 2.75) is 69.9 Å². The maximum atomic E-state index is 13.3. The normalized spacial score (nSPS) is 13.5. The van der Waals surface area contributed by atoms with Crippen LogP contribution in [0, 0.1) is 0 Å². The summed E-state index contributed by atoms with van der Waals surface area (Å²) in [5.41, 5.74) is 7.20. The van der Waals surface area contributed by atoms with Gasteiger partial charge in [-0.15, -0.1) is 0 Å². The zero-order valence-electron chi connectivity index (χ0n) is 20.7. The summed E-state index contributed by atoms with van der Waals surface area (Å²) in [6.07, 6.45) is 0.527. The molecule has 0 radical (unpaired) electrons. The van der Waals surface area contributed by atoms with Crippen LogP contribution < -0.4 is 21.7 Å². The smallest absolute Gasteiger partial charge is 0.243 e. The predicted molar refractivity (Wildman–Crippen MR) is 138 cm³/mol. The van der Waals surface area contributed by atoms with Crippen LogP contribution >= 0.6 is 0 Å². The molecule has 2 aromatic carbocycles. The second-order valence-corrected chi connectivity index (χ2v) is 8.73. The summed E-state index contributed by atoms with van der Waals surface area (Å²) in [7, 11) is 0. The third kappa shape index (κ3) is 10.2. The number of carbonyl (C=O) groups excluding carboxylic acids is 3. The number of aliphatic hydroxyl groups excluding tert-OH is 1. The van der Waals surface area contributed by atoms with Crippen molar-refractivity contribution in [2.24, 2.45) is 5.73 Å². The van der Waals surface area contributed by atoms with Crippen LogP contribution in [0.25, 0.3) is 0 Å². The molecule has 7 N–H and O–H groups in total. The predicted octanol–water partition coefficient (Wildman–Crippen LogP) is 0.776. The molecule has 2 aromatic rings. The van der Waals surface area contributed by atoms with Gasteiger partial charge in [0.2, 0.25) is 17.7 Å². The molecule has 9 heteroatoms. The Morgan fingerprint density at radius 1 is 0.778 bits per heavy atom. The van der Waals surface area contributed by atoms with Gasteiger partial charge in [-0.3, -0.25) is 14.4 Å². The van der Waals surface area contributed by atoms with Gasteiger partial charge in [-0.1, -0.05) is 67.6 Å². The Hall–Kier alpha value is -3.27. The van der Waals surface area contributed by atoms with E-state index >= 15 is 0 Å². The molecule has 0 spiro atoms. The summed E-state index contributed by atoms with van der Waals surface area (Å²) in [5.74, 6) is -1.32. The molecule has 0 heterocycles. The van der Waals surface area contributed by atoms with Gasteiger partial charge in [0.1, 0.15) is 12.1 Å². The molecule has 0 aromatic heterocycles. The monoisotopic (exact) mass is 498 g/mol. The number of amides is 3. The van der Waals surface area contributed by atoms with Crippen LogP contribution in [0.3, 0.4) is 0 Å². The molecule has 196 valence electrons. The first-order valence-electron chi connectivity index (χ1n) is 12.4. The zero-order chi connectivity index (χ0) is 26.3. The molecular formula is C27H38N4O5. The van der Waals surface area contributed by atoms with E-state index in [1.807, 2.05) is 60.7 Å². The molecule has 3 atom stereocenters. The van der Waals surface area contributed by atoms with Gasteiger partial charge in [-0.05, 0) is 36.9 Å². The fourth-order valence-electron chi connectivity index (χ4n) is 3.77. The van der Waals surface area contributed by atoms with E-state index in [-0.39, 0.29) is 25.2 Å². The molecule has 0 saturated carbocycles. The lowest BCUT2D eigenvalue weighted by atomic mass is 10.0. The maximum absolute atomic E-state index is 13.3. The van der Waals surface area contributed by atoms with Gasteiger partial charge in [0.25, 0.3) is 0 Å². The minimum absolute atomic E-state index is 0.190. The van der Waals surface area contributed by atoms with Crippen molar-refractivity contribution in [3.05, 3.63) is 71.8 Å². The van der Waals surface area contributed by atoms with E-state index in [1.165, 1.54) is 0 Å². The maximum Gasteiger partial charge on any atom is 0.243 e. The molecule has 0 saturated heterocycles. The Morgan fingerprint density at radius 2 is 1.28 bits per heavy atom. The lowest BCUT2D eigenvalue weighted by Gasteiger charge is -2.26. The first kappa shape index (κ1) is 29.0. The van der Waals surface area contributed by atoms with Crippen molar-refractivity contribution in [2.75, 3.05) is 6.54 Å². The lowest BCUT2D eigenvalue weighted by molar-refractivity contribution is -0.134. The van der Waals surface area contributed by atoms with E-state index in [2.05, 4.69) is 16.0 Å². The molecule has 9 nitrogen and oxygen atoms in total. The molecular weight excluding hydrogens is 460 g/mol. The lowest BCUT2D eigenvalue weighted by Crippen LogP contribution is -2.57. The molecule has 0 aliphatic carbocycles. The van der Waals surface area contributed by atoms with Gasteiger partial charge < -0.3 is 31.9 Å². The molecule has 3 unspecified atom stereocenters. The second kappa shape index (κ2) is 15.7. The summed E-state index contributed by atoms with van der Waals surface area (Å²) in [6, 6.07) is 15.7. The van der Waals surface area contributed by atoms with Crippen molar-refractivity contribution in [3.8, 4) is 0 Å². The molecule has 0 bridgehead atoms. The molecule has 3 amide bonds. The number of hydrogen-bond donors (Lipinski definition) is 6. The average Bonchev–Trinajstić information content (AvgIpc) is 2.88. The van der Waals surface area contributed by atoms with Crippen molar-refractivity contribution in [1.29, 1.82) is 0 Å². The number of nitrogens with one attached hydrogen (secondary N) is 3. The molecule has 0 aliphatic rings. The summed E-state index contributed by atoms with van der Waals surface area (Å²) >= 11 is 0. The Balaban J connectivity index is 2.22. The molecule has 2 rings (SSSR count). The van der Waals surface area contributed by atoms with E-state index in [0.717, 1.165) is 11.1 Å². The number of unbranched alkanes of at least 4 members (excludes halogenated alkanes) is 1. The molecule has 36 heavy (non-hydrogen) atoms.